The smallest absolute Gasteiger partial charge is 0.314 e. The van der Waals surface area contributed by atoms with Gasteiger partial charge in [0.1, 0.15) is 0 Å². The van der Waals surface area contributed by atoms with Gasteiger partial charge in [-0.25, -0.2) is 4.79 Å². The van der Waals surface area contributed by atoms with Gasteiger partial charge < -0.3 is 10.6 Å². The van der Waals surface area contributed by atoms with E-state index in [9.17, 15) is 4.79 Å². The highest BCUT2D eigenvalue weighted by molar-refractivity contribution is 5.71. The molecule has 0 radical (unpaired) electrons. The molecule has 2 amide bonds. The van der Waals surface area contributed by atoms with Crippen LogP contribution in [0.25, 0.3) is 0 Å². The number of nitriles is 1. The van der Waals surface area contributed by atoms with E-state index in [1.165, 1.54) is 5.56 Å². The second kappa shape index (κ2) is 6.54. The maximum absolute atomic E-state index is 11.0. The summed E-state index contributed by atoms with van der Waals surface area (Å²) in [6.45, 7) is 3.22. The molecule has 17 heavy (non-hydrogen) atoms. The first-order chi connectivity index (χ1) is 8.17. The second-order valence-corrected chi connectivity index (χ2v) is 3.83. The first-order valence-corrected chi connectivity index (χ1v) is 5.70. The number of carbonyl (C=O) groups excluding carboxylic acids is 1. The van der Waals surface area contributed by atoms with Gasteiger partial charge in [0, 0.05) is 13.1 Å². The Labute approximate surface area is 102 Å². The summed E-state index contributed by atoms with van der Waals surface area (Å²) in [5, 5.41) is 8.66. The first-order valence-electron chi connectivity index (χ1n) is 5.70. The molecule has 0 aliphatic rings. The molecular weight excluding hydrogens is 214 g/mol. The summed E-state index contributed by atoms with van der Waals surface area (Å²) < 4.78 is 0. The van der Waals surface area contributed by atoms with Crippen LogP contribution in [0.3, 0.4) is 0 Å². The molecule has 0 heterocycles. The number of nitrogens with two attached hydrogens (primary N) is 1. The van der Waals surface area contributed by atoms with Crippen LogP contribution in [-0.2, 0) is 6.42 Å². The lowest BCUT2D eigenvalue weighted by Crippen LogP contribution is -2.36. The minimum Gasteiger partial charge on any atom is -0.351 e. The molecule has 0 unspecified atom stereocenters. The quantitative estimate of drug-likeness (QED) is 0.840. The highest BCUT2D eigenvalue weighted by atomic mass is 16.2. The third-order valence-electron chi connectivity index (χ3n) is 2.67. The molecule has 2 N–H and O–H groups in total. The number of urea groups is 1. The maximum atomic E-state index is 11.0. The van der Waals surface area contributed by atoms with Crippen molar-refractivity contribution in [2.75, 3.05) is 13.1 Å². The summed E-state index contributed by atoms with van der Waals surface area (Å²) >= 11 is 0. The summed E-state index contributed by atoms with van der Waals surface area (Å²) in [6, 6.07) is 9.22. The Bertz CT molecular complexity index is 406. The average molecular weight is 231 g/mol. The second-order valence-electron chi connectivity index (χ2n) is 3.83. The van der Waals surface area contributed by atoms with Crippen molar-refractivity contribution in [2.45, 2.75) is 19.8 Å². The molecule has 0 bridgehead atoms. The van der Waals surface area contributed by atoms with Crippen molar-refractivity contribution in [1.82, 2.24) is 4.90 Å². The van der Waals surface area contributed by atoms with Crippen molar-refractivity contribution in [1.29, 1.82) is 5.26 Å². The zero-order valence-electron chi connectivity index (χ0n) is 10.0. The van der Waals surface area contributed by atoms with Crippen LogP contribution in [0.1, 0.15) is 24.5 Å². The van der Waals surface area contributed by atoms with Gasteiger partial charge >= 0.3 is 6.03 Å². The van der Waals surface area contributed by atoms with E-state index in [1.54, 1.807) is 17.0 Å². The van der Waals surface area contributed by atoms with Gasteiger partial charge in [-0.05, 0) is 37.5 Å². The van der Waals surface area contributed by atoms with Gasteiger partial charge in [0.25, 0.3) is 0 Å². The summed E-state index contributed by atoms with van der Waals surface area (Å²) in [5.41, 5.74) is 7.05. The van der Waals surface area contributed by atoms with Gasteiger partial charge in [-0.15, -0.1) is 0 Å². The van der Waals surface area contributed by atoms with Crippen LogP contribution in [0.2, 0.25) is 0 Å². The molecule has 4 nitrogen and oxygen atoms in total. The zero-order valence-corrected chi connectivity index (χ0v) is 10.0. The SMILES string of the molecule is CCN(CCCc1ccc(C#N)cc1)C(N)=O. The Morgan fingerprint density at radius 3 is 2.53 bits per heavy atom. The van der Waals surface area contributed by atoms with Crippen molar-refractivity contribution in [3.05, 3.63) is 35.4 Å². The topological polar surface area (TPSA) is 70.1 Å². The number of hydrogen-bond donors (Lipinski definition) is 1. The van der Waals surface area contributed by atoms with Crippen LogP contribution in [0.5, 0.6) is 0 Å². The Morgan fingerprint density at radius 1 is 1.41 bits per heavy atom. The Morgan fingerprint density at radius 2 is 2.06 bits per heavy atom. The lowest BCUT2D eigenvalue weighted by atomic mass is 10.1. The summed E-state index contributed by atoms with van der Waals surface area (Å²) in [7, 11) is 0. The van der Waals surface area contributed by atoms with Gasteiger partial charge in [-0.3, -0.25) is 0 Å². The van der Waals surface area contributed by atoms with E-state index >= 15 is 0 Å². The highest BCUT2D eigenvalue weighted by Crippen LogP contribution is 2.06. The maximum Gasteiger partial charge on any atom is 0.314 e. The summed E-state index contributed by atoms with van der Waals surface area (Å²) in [4.78, 5) is 12.6. The Kier molecular flexibility index (Phi) is 5.02. The van der Waals surface area contributed by atoms with Gasteiger partial charge in [-0.2, -0.15) is 5.26 Å². The Hall–Kier alpha value is -2.02. The van der Waals surface area contributed by atoms with Crippen molar-refractivity contribution in [3.8, 4) is 6.07 Å². The fourth-order valence-corrected chi connectivity index (χ4v) is 1.64. The third kappa shape index (κ3) is 4.15. The number of benzene rings is 1. The lowest BCUT2D eigenvalue weighted by molar-refractivity contribution is 0.209. The van der Waals surface area contributed by atoms with Gasteiger partial charge in [0.05, 0.1) is 11.6 Å². The van der Waals surface area contributed by atoms with Gasteiger partial charge in [0.15, 0.2) is 0 Å². The minimum atomic E-state index is -0.368. The molecule has 0 aliphatic heterocycles. The molecule has 0 aliphatic carbocycles. The van der Waals surface area contributed by atoms with E-state index in [0.29, 0.717) is 18.7 Å². The van der Waals surface area contributed by atoms with Crippen molar-refractivity contribution in [2.24, 2.45) is 5.73 Å². The molecule has 0 fully saturated rings. The average Bonchev–Trinajstić information content (AvgIpc) is 2.35. The summed E-state index contributed by atoms with van der Waals surface area (Å²) in [6.07, 6.45) is 1.76. The molecule has 4 heteroatoms. The predicted octanol–water partition coefficient (Wildman–Crippen LogP) is 1.89. The van der Waals surface area contributed by atoms with Crippen LogP contribution >= 0.6 is 0 Å². The molecule has 1 aromatic carbocycles. The van der Waals surface area contributed by atoms with Gasteiger partial charge in [0.2, 0.25) is 0 Å². The fourth-order valence-electron chi connectivity index (χ4n) is 1.64. The van der Waals surface area contributed by atoms with Crippen molar-refractivity contribution in [3.63, 3.8) is 0 Å². The summed E-state index contributed by atoms with van der Waals surface area (Å²) in [5.74, 6) is 0. The first kappa shape index (κ1) is 13.0. The molecule has 1 aromatic rings. The van der Waals surface area contributed by atoms with Crippen LogP contribution < -0.4 is 5.73 Å². The number of carbonyl (C=O) groups is 1. The number of hydrogen-bond acceptors (Lipinski definition) is 2. The van der Waals surface area contributed by atoms with Crippen LogP contribution in [0.4, 0.5) is 4.79 Å². The zero-order chi connectivity index (χ0) is 12.7. The lowest BCUT2D eigenvalue weighted by Gasteiger charge is -2.17. The molecule has 0 spiro atoms. The largest absolute Gasteiger partial charge is 0.351 e. The molecule has 90 valence electrons. The molecule has 0 atom stereocenters. The van der Waals surface area contributed by atoms with Crippen LogP contribution in [0, 0.1) is 11.3 Å². The Balaban J connectivity index is 2.40. The van der Waals surface area contributed by atoms with Crippen LogP contribution in [0.15, 0.2) is 24.3 Å². The van der Waals surface area contributed by atoms with E-state index in [1.807, 2.05) is 19.1 Å². The molecule has 0 saturated heterocycles. The monoisotopic (exact) mass is 231 g/mol. The van der Waals surface area contributed by atoms with Gasteiger partial charge in [-0.1, -0.05) is 12.1 Å². The van der Waals surface area contributed by atoms with Crippen molar-refractivity contribution >= 4 is 6.03 Å². The van der Waals surface area contributed by atoms with E-state index in [4.69, 9.17) is 11.0 Å². The van der Waals surface area contributed by atoms with E-state index in [0.717, 1.165) is 12.8 Å². The highest BCUT2D eigenvalue weighted by Gasteiger charge is 2.05. The van der Waals surface area contributed by atoms with E-state index in [2.05, 4.69) is 6.07 Å². The fraction of sp³-hybridized carbons (Fsp3) is 0.385. The number of rotatable bonds is 5. The number of amides is 2. The molecular formula is C13H17N3O. The van der Waals surface area contributed by atoms with Crippen LogP contribution in [-0.4, -0.2) is 24.0 Å². The minimum absolute atomic E-state index is 0.368. The number of primary amides is 1. The molecule has 0 saturated carbocycles. The standard InChI is InChI=1S/C13H17N3O/c1-2-16(13(15)17)9-3-4-11-5-7-12(10-14)8-6-11/h5-8H,2-4,9H2,1H3,(H2,15,17). The molecule has 1 rings (SSSR count). The molecule has 0 aromatic heterocycles. The normalized spacial score (nSPS) is 9.65. The number of aryl methyl sites for hydroxylation is 1. The number of nitrogens with zero attached hydrogens (tertiary/aromatic N) is 2. The predicted molar refractivity (Wildman–Crippen MR) is 66.3 cm³/mol. The van der Waals surface area contributed by atoms with E-state index < -0.39 is 0 Å². The van der Waals surface area contributed by atoms with Crippen molar-refractivity contribution < 1.29 is 4.79 Å². The third-order valence-corrected chi connectivity index (χ3v) is 2.67. The van der Waals surface area contributed by atoms with E-state index in [-0.39, 0.29) is 6.03 Å².